The van der Waals surface area contributed by atoms with Crippen molar-refractivity contribution in [3.8, 4) is 0 Å². The normalized spacial score (nSPS) is 25.7. The number of piperidine rings is 1. The Balaban J connectivity index is 1.12. The summed E-state index contributed by atoms with van der Waals surface area (Å²) in [7, 11) is -3.59. The standard InChI is InChI=1S/C33H38ClN5O2S/c1-22-19-36-39-30(18-33(2,37-32(22)39)27-12-3-4-13-28(27)34)35-20-23-8-7-17-38(21-23)42(40,41)29-14-6-11-26(24-9-5-10-24)31(29)25-15-16-25/h3-6,9,11-14,18-19,23-25,35,37H,7-8,10,15-17,20-21H2,1-2H3. The molecule has 1 aromatic heterocycles. The lowest BCUT2D eigenvalue weighted by molar-refractivity contribution is 0.265. The van der Waals surface area contributed by atoms with Gasteiger partial charge in [-0.3, -0.25) is 0 Å². The summed E-state index contributed by atoms with van der Waals surface area (Å²) >= 11 is 6.64. The van der Waals surface area contributed by atoms with Gasteiger partial charge in [0.05, 0.1) is 16.6 Å². The van der Waals surface area contributed by atoms with Crippen LogP contribution in [0.25, 0.3) is 5.82 Å². The zero-order valence-electron chi connectivity index (χ0n) is 24.2. The van der Waals surface area contributed by atoms with E-state index in [1.54, 1.807) is 4.31 Å². The van der Waals surface area contributed by atoms with Crippen LogP contribution in [0.4, 0.5) is 5.82 Å². The molecule has 9 heteroatoms. The summed E-state index contributed by atoms with van der Waals surface area (Å²) in [4.78, 5) is 0.532. The number of halogens is 1. The van der Waals surface area contributed by atoms with Gasteiger partial charge in [0.1, 0.15) is 11.6 Å². The number of nitrogens with zero attached hydrogens (tertiary/aromatic N) is 3. The first-order valence-electron chi connectivity index (χ1n) is 15.1. The topological polar surface area (TPSA) is 79.3 Å². The molecule has 7 nitrogen and oxygen atoms in total. The number of hydrogen-bond acceptors (Lipinski definition) is 5. The Kier molecular flexibility index (Phi) is 6.99. The second-order valence-corrected chi connectivity index (χ2v) is 14.8. The molecule has 2 aliphatic heterocycles. The molecular formula is C33H38ClN5O2S. The lowest BCUT2D eigenvalue weighted by atomic mass is 9.84. The molecule has 0 spiro atoms. The molecule has 2 N–H and O–H groups in total. The third-order valence-electron chi connectivity index (χ3n) is 9.33. The Labute approximate surface area is 253 Å². The maximum atomic E-state index is 14.2. The molecule has 0 amide bonds. The van der Waals surface area contributed by atoms with Crippen molar-refractivity contribution in [3.05, 3.63) is 94.2 Å². The van der Waals surface area contributed by atoms with E-state index in [1.807, 2.05) is 54.2 Å². The van der Waals surface area contributed by atoms with Gasteiger partial charge in [-0.1, -0.05) is 54.1 Å². The largest absolute Gasteiger partial charge is 0.370 e. The number of sulfonamides is 1. The van der Waals surface area contributed by atoms with E-state index in [1.165, 1.54) is 5.56 Å². The number of hydrogen-bond donors (Lipinski definition) is 2. The first kappa shape index (κ1) is 27.7. The van der Waals surface area contributed by atoms with Crippen molar-refractivity contribution in [3.63, 3.8) is 0 Å². The van der Waals surface area contributed by atoms with E-state index in [0.29, 0.717) is 41.4 Å². The van der Waals surface area contributed by atoms with Crippen molar-refractivity contribution in [1.82, 2.24) is 19.4 Å². The third kappa shape index (κ3) is 4.87. The highest BCUT2D eigenvalue weighted by Crippen LogP contribution is 2.48. The fourth-order valence-corrected chi connectivity index (χ4v) is 8.95. The van der Waals surface area contributed by atoms with Gasteiger partial charge in [0, 0.05) is 36.1 Å². The number of anilines is 1. The maximum absolute atomic E-state index is 14.2. The van der Waals surface area contributed by atoms with Crippen LogP contribution in [-0.4, -0.2) is 42.1 Å². The van der Waals surface area contributed by atoms with Gasteiger partial charge in [0.15, 0.2) is 0 Å². The van der Waals surface area contributed by atoms with Gasteiger partial charge in [-0.2, -0.15) is 9.40 Å². The molecule has 3 atom stereocenters. The summed E-state index contributed by atoms with van der Waals surface area (Å²) in [6.45, 7) is 5.88. The molecule has 7 rings (SSSR count). The Hall–Kier alpha value is -3.07. The number of rotatable bonds is 8. The quantitative estimate of drug-likeness (QED) is 0.284. The second-order valence-electron chi connectivity index (χ2n) is 12.5. The van der Waals surface area contributed by atoms with Crippen molar-refractivity contribution in [2.24, 2.45) is 5.92 Å². The number of nitrogens with one attached hydrogen (secondary N) is 2. The molecule has 4 aliphatic rings. The van der Waals surface area contributed by atoms with Crippen LogP contribution in [0.5, 0.6) is 0 Å². The van der Waals surface area contributed by atoms with Crippen molar-refractivity contribution in [2.75, 3.05) is 25.0 Å². The summed E-state index contributed by atoms with van der Waals surface area (Å²) in [5.41, 5.74) is 3.78. The smallest absolute Gasteiger partial charge is 0.243 e. The van der Waals surface area contributed by atoms with Crippen LogP contribution in [-0.2, 0) is 15.6 Å². The Morgan fingerprint density at radius 3 is 2.69 bits per heavy atom. The number of aryl methyl sites for hydroxylation is 1. The highest BCUT2D eigenvalue weighted by atomic mass is 35.5. The van der Waals surface area contributed by atoms with Gasteiger partial charge in [-0.05, 0) is 92.7 Å². The summed E-state index contributed by atoms with van der Waals surface area (Å²) in [6.07, 6.45) is 13.3. The van der Waals surface area contributed by atoms with Crippen LogP contribution in [0, 0.1) is 12.8 Å². The minimum Gasteiger partial charge on any atom is -0.370 e. The Bertz CT molecular complexity index is 1690. The first-order valence-corrected chi connectivity index (χ1v) is 16.9. The van der Waals surface area contributed by atoms with Crippen molar-refractivity contribution in [1.29, 1.82) is 0 Å². The zero-order chi connectivity index (χ0) is 29.1. The van der Waals surface area contributed by atoms with Gasteiger partial charge in [-0.15, -0.1) is 0 Å². The molecule has 2 fully saturated rings. The molecule has 220 valence electrons. The van der Waals surface area contributed by atoms with E-state index in [-0.39, 0.29) is 5.92 Å². The van der Waals surface area contributed by atoms with Gasteiger partial charge in [-0.25, -0.2) is 13.1 Å². The second kappa shape index (κ2) is 10.6. The molecule has 2 aromatic carbocycles. The molecule has 3 heterocycles. The number of fused-ring (bicyclic) bond motifs is 1. The third-order valence-corrected chi connectivity index (χ3v) is 11.6. The Morgan fingerprint density at radius 2 is 1.95 bits per heavy atom. The number of allylic oxidation sites excluding steroid dienone is 2. The monoisotopic (exact) mass is 603 g/mol. The molecular weight excluding hydrogens is 566 g/mol. The van der Waals surface area contributed by atoms with E-state index in [2.05, 4.69) is 47.0 Å². The van der Waals surface area contributed by atoms with Crippen molar-refractivity contribution in [2.45, 2.75) is 68.2 Å². The fraction of sp³-hybridized carbons (Fsp3) is 0.424. The van der Waals surface area contributed by atoms with Crippen LogP contribution in [0.15, 0.2) is 71.8 Å². The van der Waals surface area contributed by atoms with E-state index in [0.717, 1.165) is 60.4 Å². The first-order chi connectivity index (χ1) is 20.2. The SMILES string of the molecule is Cc1cnn2c1NC(C)(c1ccccc1Cl)C=C2NCC1CCCN(S(=O)(=O)c2cccc(C3C=CC3)c2C2CC2)C1. The summed E-state index contributed by atoms with van der Waals surface area (Å²) in [5, 5.41) is 12.6. The lowest BCUT2D eigenvalue weighted by Crippen LogP contribution is -2.44. The molecule has 3 aromatic rings. The summed E-state index contributed by atoms with van der Waals surface area (Å²) in [5.74, 6) is 2.69. The van der Waals surface area contributed by atoms with Crippen LogP contribution in [0.1, 0.15) is 73.1 Å². The van der Waals surface area contributed by atoms with Crippen LogP contribution in [0.2, 0.25) is 5.02 Å². The molecule has 1 saturated carbocycles. The predicted molar refractivity (Wildman–Crippen MR) is 168 cm³/mol. The van der Waals surface area contributed by atoms with Crippen LogP contribution >= 0.6 is 11.6 Å². The van der Waals surface area contributed by atoms with Crippen molar-refractivity contribution < 1.29 is 8.42 Å². The minimum atomic E-state index is -3.59. The van der Waals surface area contributed by atoms with Gasteiger partial charge >= 0.3 is 0 Å². The van der Waals surface area contributed by atoms with Gasteiger partial charge in [0.2, 0.25) is 10.0 Å². The predicted octanol–water partition coefficient (Wildman–Crippen LogP) is 6.60. The molecule has 42 heavy (non-hydrogen) atoms. The maximum Gasteiger partial charge on any atom is 0.243 e. The summed E-state index contributed by atoms with van der Waals surface area (Å²) < 4.78 is 31.9. The molecule has 0 radical (unpaired) electrons. The molecule has 2 aliphatic carbocycles. The van der Waals surface area contributed by atoms with Gasteiger partial charge in [0.25, 0.3) is 0 Å². The van der Waals surface area contributed by atoms with Crippen molar-refractivity contribution >= 4 is 33.3 Å². The van der Waals surface area contributed by atoms with E-state index in [9.17, 15) is 8.42 Å². The van der Waals surface area contributed by atoms with Crippen LogP contribution in [0.3, 0.4) is 0 Å². The zero-order valence-corrected chi connectivity index (χ0v) is 25.8. The molecule has 1 saturated heterocycles. The lowest BCUT2D eigenvalue weighted by Gasteiger charge is -2.37. The fourth-order valence-electron chi connectivity index (χ4n) is 6.76. The van der Waals surface area contributed by atoms with E-state index in [4.69, 9.17) is 11.6 Å². The number of aromatic nitrogens is 2. The van der Waals surface area contributed by atoms with E-state index < -0.39 is 15.6 Å². The highest BCUT2D eigenvalue weighted by Gasteiger charge is 2.39. The number of benzene rings is 2. The van der Waals surface area contributed by atoms with Crippen LogP contribution < -0.4 is 10.6 Å². The average Bonchev–Trinajstić information content (AvgIpc) is 3.73. The van der Waals surface area contributed by atoms with E-state index >= 15 is 0 Å². The summed E-state index contributed by atoms with van der Waals surface area (Å²) in [6, 6.07) is 13.8. The molecule has 0 bridgehead atoms. The highest BCUT2D eigenvalue weighted by molar-refractivity contribution is 7.89. The minimum absolute atomic E-state index is 0.179. The Morgan fingerprint density at radius 1 is 1.14 bits per heavy atom. The molecule has 3 unspecified atom stereocenters. The van der Waals surface area contributed by atoms with Gasteiger partial charge < -0.3 is 10.6 Å². The average molecular weight is 604 g/mol.